The number of benzene rings is 3. The second-order valence-electron chi connectivity index (χ2n) is 10.2. The Hall–Kier alpha value is -4.47. The van der Waals surface area contributed by atoms with E-state index in [9.17, 15) is 4.79 Å². The number of carbonyl (C=O) groups is 1. The van der Waals surface area contributed by atoms with Crippen molar-refractivity contribution in [1.82, 2.24) is 20.3 Å². The third-order valence-electron chi connectivity index (χ3n) is 7.22. The van der Waals surface area contributed by atoms with Crippen molar-refractivity contribution in [1.29, 1.82) is 0 Å². The van der Waals surface area contributed by atoms with Crippen molar-refractivity contribution in [2.24, 2.45) is 0 Å². The van der Waals surface area contributed by atoms with E-state index in [1.165, 1.54) is 11.8 Å². The highest BCUT2D eigenvalue weighted by atomic mass is 35.5. The highest BCUT2D eigenvalue weighted by Crippen LogP contribution is 2.28. The molecule has 5 rings (SSSR count). The molecule has 0 saturated heterocycles. The molecule has 0 radical (unpaired) electrons. The summed E-state index contributed by atoms with van der Waals surface area (Å²) in [4.78, 5) is 16.5. The minimum absolute atomic E-state index is 0.168. The molecule has 10 heteroatoms. The van der Waals surface area contributed by atoms with Gasteiger partial charge in [0.1, 0.15) is 22.6 Å². The Morgan fingerprint density at radius 3 is 2.40 bits per heavy atom. The van der Waals surface area contributed by atoms with Gasteiger partial charge in [-0.1, -0.05) is 23.7 Å². The van der Waals surface area contributed by atoms with Crippen molar-refractivity contribution < 1.29 is 9.21 Å². The van der Waals surface area contributed by atoms with E-state index in [1.807, 2.05) is 56.3 Å². The van der Waals surface area contributed by atoms with E-state index in [0.29, 0.717) is 22.1 Å². The Bertz CT molecular complexity index is 1850. The number of carbonyl (C=O) groups excluding carboxylic acids is 1. The largest absolute Gasteiger partial charge is 0.457 e. The molecule has 3 aromatic carbocycles. The SMILES string of the molecule is CCN(CC)c1ccc(-n2nc3cc(C)c(NC(=S)NC(=O)/C=C/c4ccc(-c5ccc(C)c(Cl)c5)o4)cc3n2)c(C)c1. The van der Waals surface area contributed by atoms with Gasteiger partial charge in [-0.2, -0.15) is 4.80 Å². The minimum Gasteiger partial charge on any atom is -0.457 e. The molecule has 5 aromatic rings. The maximum Gasteiger partial charge on any atom is 0.250 e. The topological polar surface area (TPSA) is 88.2 Å². The number of amides is 1. The first-order valence-electron chi connectivity index (χ1n) is 14.0. The van der Waals surface area contributed by atoms with Crippen molar-refractivity contribution in [2.75, 3.05) is 23.3 Å². The van der Waals surface area contributed by atoms with Gasteiger partial charge >= 0.3 is 0 Å². The van der Waals surface area contributed by atoms with Crippen molar-refractivity contribution in [3.8, 4) is 17.0 Å². The van der Waals surface area contributed by atoms with Crippen LogP contribution in [-0.2, 0) is 4.79 Å². The molecule has 43 heavy (non-hydrogen) atoms. The molecule has 2 N–H and O–H groups in total. The van der Waals surface area contributed by atoms with Gasteiger partial charge in [0.15, 0.2) is 5.11 Å². The van der Waals surface area contributed by atoms with Gasteiger partial charge in [0.25, 0.3) is 0 Å². The summed E-state index contributed by atoms with van der Waals surface area (Å²) in [5.41, 5.74) is 8.15. The van der Waals surface area contributed by atoms with Gasteiger partial charge in [0.05, 0.1) is 5.69 Å². The quantitative estimate of drug-likeness (QED) is 0.138. The van der Waals surface area contributed by atoms with Crippen molar-refractivity contribution >= 4 is 63.3 Å². The lowest BCUT2D eigenvalue weighted by Crippen LogP contribution is -2.33. The summed E-state index contributed by atoms with van der Waals surface area (Å²) < 4.78 is 5.85. The van der Waals surface area contributed by atoms with Crippen LogP contribution < -0.4 is 15.5 Å². The molecule has 0 saturated carbocycles. The predicted molar refractivity (Wildman–Crippen MR) is 179 cm³/mol. The van der Waals surface area contributed by atoms with Crippen molar-refractivity contribution in [3.63, 3.8) is 0 Å². The zero-order valence-corrected chi connectivity index (χ0v) is 26.3. The maximum absolute atomic E-state index is 12.6. The number of furan rings is 1. The van der Waals surface area contributed by atoms with E-state index in [-0.39, 0.29) is 11.0 Å². The van der Waals surface area contributed by atoms with Gasteiger partial charge in [0.2, 0.25) is 5.91 Å². The fourth-order valence-electron chi connectivity index (χ4n) is 4.77. The number of hydrogen-bond donors (Lipinski definition) is 2. The summed E-state index contributed by atoms with van der Waals surface area (Å²) in [6.45, 7) is 12.1. The van der Waals surface area contributed by atoms with Crippen LogP contribution in [0.25, 0.3) is 34.1 Å². The summed E-state index contributed by atoms with van der Waals surface area (Å²) >= 11 is 11.6. The number of halogens is 1. The third kappa shape index (κ3) is 6.79. The molecular weight excluding hydrogens is 580 g/mol. The van der Waals surface area contributed by atoms with Crippen LogP contribution in [0.1, 0.15) is 36.3 Å². The fraction of sp³-hybridized carbons (Fsp3) is 0.212. The molecule has 220 valence electrons. The van der Waals surface area contributed by atoms with Crippen LogP contribution in [0.15, 0.2) is 71.2 Å². The maximum atomic E-state index is 12.6. The minimum atomic E-state index is -0.387. The highest BCUT2D eigenvalue weighted by Gasteiger charge is 2.13. The molecule has 2 heterocycles. The van der Waals surface area contributed by atoms with Crippen molar-refractivity contribution in [3.05, 3.63) is 94.2 Å². The Balaban J connectivity index is 1.24. The lowest BCUT2D eigenvalue weighted by molar-refractivity contribution is -0.115. The summed E-state index contributed by atoms with van der Waals surface area (Å²) in [6.07, 6.45) is 2.96. The van der Waals surface area contributed by atoms with E-state index in [4.69, 9.17) is 38.4 Å². The van der Waals surface area contributed by atoms with E-state index in [1.54, 1.807) is 16.9 Å². The molecule has 1 amide bonds. The molecule has 0 aliphatic rings. The summed E-state index contributed by atoms with van der Waals surface area (Å²) in [5.74, 6) is 0.805. The number of nitrogens with zero attached hydrogens (tertiary/aromatic N) is 4. The second kappa shape index (κ2) is 12.8. The van der Waals surface area contributed by atoms with Crippen LogP contribution in [0.5, 0.6) is 0 Å². The van der Waals surface area contributed by atoms with Crippen LogP contribution in [-0.4, -0.2) is 39.1 Å². The first kappa shape index (κ1) is 30.0. The Kier molecular flexibility index (Phi) is 8.94. The number of anilines is 2. The number of hydrogen-bond acceptors (Lipinski definition) is 6. The van der Waals surface area contributed by atoms with Gasteiger partial charge in [0, 0.05) is 41.1 Å². The molecule has 2 aromatic heterocycles. The number of aryl methyl sites for hydroxylation is 3. The smallest absolute Gasteiger partial charge is 0.250 e. The number of nitrogens with one attached hydrogen (secondary N) is 2. The van der Waals surface area contributed by atoms with Gasteiger partial charge in [-0.25, -0.2) is 0 Å². The Morgan fingerprint density at radius 2 is 1.70 bits per heavy atom. The van der Waals surface area contributed by atoms with E-state index < -0.39 is 0 Å². The summed E-state index contributed by atoms with van der Waals surface area (Å²) in [6, 6.07) is 19.5. The van der Waals surface area contributed by atoms with Crippen LogP contribution in [0, 0.1) is 20.8 Å². The van der Waals surface area contributed by atoms with Crippen molar-refractivity contribution in [2.45, 2.75) is 34.6 Å². The van der Waals surface area contributed by atoms with Gasteiger partial charge in [-0.05, 0) is 118 Å². The third-order valence-corrected chi connectivity index (χ3v) is 7.83. The molecule has 8 nitrogen and oxygen atoms in total. The van der Waals surface area contributed by atoms with E-state index in [0.717, 1.165) is 52.2 Å². The fourth-order valence-corrected chi connectivity index (χ4v) is 5.16. The molecular formula is C33H33ClN6O2S. The molecule has 0 aliphatic heterocycles. The monoisotopic (exact) mass is 612 g/mol. The van der Waals surface area contributed by atoms with Gasteiger partial charge < -0.3 is 14.6 Å². The van der Waals surface area contributed by atoms with Crippen LogP contribution in [0.2, 0.25) is 5.02 Å². The van der Waals surface area contributed by atoms with E-state index in [2.05, 4.69) is 48.4 Å². The summed E-state index contributed by atoms with van der Waals surface area (Å²) in [5, 5.41) is 16.0. The molecule has 0 bridgehead atoms. The lowest BCUT2D eigenvalue weighted by atomic mass is 10.1. The second-order valence-corrected chi connectivity index (χ2v) is 11.0. The lowest BCUT2D eigenvalue weighted by Gasteiger charge is -2.22. The molecule has 0 spiro atoms. The average Bonchev–Trinajstić information content (AvgIpc) is 3.61. The standard InChI is InChI=1S/C33H33ClN6O2S/c1-6-39(7-2)24-10-13-30(22(5)16-24)40-37-28-17-21(4)27(19-29(28)38-40)35-33(43)36-32(41)15-12-25-11-14-31(42-25)23-9-8-20(3)26(34)18-23/h8-19H,6-7H2,1-5H3,(H2,35,36,41,43)/b15-12+. The predicted octanol–water partition coefficient (Wildman–Crippen LogP) is 7.63. The van der Waals surface area contributed by atoms with Gasteiger partial charge in [-0.15, -0.1) is 10.2 Å². The molecule has 0 atom stereocenters. The zero-order valence-electron chi connectivity index (χ0n) is 24.7. The summed E-state index contributed by atoms with van der Waals surface area (Å²) in [7, 11) is 0. The van der Waals surface area contributed by atoms with Gasteiger partial charge in [-0.3, -0.25) is 10.1 Å². The zero-order chi connectivity index (χ0) is 30.7. The Morgan fingerprint density at radius 1 is 0.953 bits per heavy atom. The molecule has 0 fully saturated rings. The number of aromatic nitrogens is 3. The molecule has 0 unspecified atom stereocenters. The average molecular weight is 613 g/mol. The van der Waals surface area contributed by atoms with Crippen LogP contribution in [0.3, 0.4) is 0 Å². The number of rotatable bonds is 8. The normalized spacial score (nSPS) is 11.3. The first-order chi connectivity index (χ1) is 20.6. The van der Waals surface area contributed by atoms with E-state index >= 15 is 0 Å². The van der Waals surface area contributed by atoms with Crippen LogP contribution in [0.4, 0.5) is 11.4 Å². The van der Waals surface area contributed by atoms with Crippen LogP contribution >= 0.6 is 23.8 Å². The molecule has 0 aliphatic carbocycles. The number of thiocarbonyl (C=S) groups is 1. The first-order valence-corrected chi connectivity index (χ1v) is 14.8. The highest BCUT2D eigenvalue weighted by molar-refractivity contribution is 7.80. The number of fused-ring (bicyclic) bond motifs is 1. The Labute approximate surface area is 261 Å².